The maximum absolute atomic E-state index is 12.1. The first-order valence-corrected chi connectivity index (χ1v) is 7.76. The van der Waals surface area contributed by atoms with Crippen LogP contribution in [-0.2, 0) is 11.3 Å². The van der Waals surface area contributed by atoms with Gasteiger partial charge in [-0.25, -0.2) is 4.68 Å². The van der Waals surface area contributed by atoms with Crippen LogP contribution in [0.4, 0.5) is 5.69 Å². The Bertz CT molecular complexity index is 748. The molecule has 3 rings (SSSR count). The number of benzene rings is 1. The van der Waals surface area contributed by atoms with E-state index in [0.717, 1.165) is 24.3 Å². The summed E-state index contributed by atoms with van der Waals surface area (Å²) in [6, 6.07) is 10.3. The lowest BCUT2D eigenvalue weighted by molar-refractivity contribution is -0.117. The zero-order chi connectivity index (χ0) is 16.2. The molecule has 0 atom stereocenters. The predicted octanol–water partition coefficient (Wildman–Crippen LogP) is 2.16. The molecule has 1 aromatic heterocycles. The van der Waals surface area contributed by atoms with E-state index in [9.17, 15) is 9.59 Å². The second kappa shape index (κ2) is 6.64. The molecule has 1 aliphatic carbocycles. The fourth-order valence-electron chi connectivity index (χ4n) is 2.31. The quantitative estimate of drug-likeness (QED) is 0.887. The summed E-state index contributed by atoms with van der Waals surface area (Å²) in [7, 11) is 0. The molecule has 1 aliphatic rings. The summed E-state index contributed by atoms with van der Waals surface area (Å²) in [6.45, 7) is 2.42. The van der Waals surface area contributed by atoms with Gasteiger partial charge in [-0.1, -0.05) is 0 Å². The van der Waals surface area contributed by atoms with Crippen LogP contribution in [0.3, 0.4) is 0 Å². The summed E-state index contributed by atoms with van der Waals surface area (Å²) in [5, 5.41) is 7.03. The molecule has 0 saturated heterocycles. The smallest absolute Gasteiger partial charge is 0.267 e. The van der Waals surface area contributed by atoms with Gasteiger partial charge in [-0.2, -0.15) is 5.10 Å². The van der Waals surface area contributed by atoms with E-state index in [-0.39, 0.29) is 18.0 Å². The first kappa shape index (κ1) is 15.3. The first-order valence-electron chi connectivity index (χ1n) is 7.76. The Hall–Kier alpha value is -2.63. The van der Waals surface area contributed by atoms with Crippen LogP contribution in [0.1, 0.15) is 31.4 Å². The first-order chi connectivity index (χ1) is 11.2. The van der Waals surface area contributed by atoms with E-state index >= 15 is 0 Å². The van der Waals surface area contributed by atoms with Gasteiger partial charge in [-0.05, 0) is 50.1 Å². The summed E-state index contributed by atoms with van der Waals surface area (Å²) < 4.78 is 6.57. The van der Waals surface area contributed by atoms with Crippen LogP contribution in [0.25, 0.3) is 0 Å². The number of hydrogen-bond donors (Lipinski definition) is 1. The summed E-state index contributed by atoms with van der Waals surface area (Å²) >= 11 is 0. The summed E-state index contributed by atoms with van der Waals surface area (Å²) in [6.07, 6.45) is 2.20. The molecule has 0 spiro atoms. The molecule has 0 aliphatic heterocycles. The van der Waals surface area contributed by atoms with Crippen LogP contribution in [0.2, 0.25) is 0 Å². The topological polar surface area (TPSA) is 73.2 Å². The average molecular weight is 313 g/mol. The van der Waals surface area contributed by atoms with Gasteiger partial charge in [0.25, 0.3) is 5.56 Å². The lowest BCUT2D eigenvalue weighted by Gasteiger charge is -2.09. The van der Waals surface area contributed by atoms with Gasteiger partial charge in [0.2, 0.25) is 5.91 Å². The third-order valence-electron chi connectivity index (χ3n) is 3.63. The molecule has 1 fully saturated rings. The number of rotatable bonds is 6. The van der Waals surface area contributed by atoms with Gasteiger partial charge >= 0.3 is 0 Å². The van der Waals surface area contributed by atoms with Crippen molar-refractivity contribution in [1.29, 1.82) is 0 Å². The molecular weight excluding hydrogens is 294 g/mol. The van der Waals surface area contributed by atoms with Crippen LogP contribution in [0.5, 0.6) is 5.75 Å². The number of nitrogens with one attached hydrogen (secondary N) is 1. The molecule has 1 saturated carbocycles. The van der Waals surface area contributed by atoms with E-state index in [0.29, 0.717) is 18.2 Å². The maximum Gasteiger partial charge on any atom is 0.267 e. The number of ether oxygens (including phenoxy) is 1. The molecule has 1 amide bonds. The van der Waals surface area contributed by atoms with Gasteiger partial charge in [0.1, 0.15) is 12.3 Å². The summed E-state index contributed by atoms with van der Waals surface area (Å²) in [5.74, 6) is 0.910. The lowest BCUT2D eigenvalue weighted by Crippen LogP contribution is -2.29. The molecule has 23 heavy (non-hydrogen) atoms. The van der Waals surface area contributed by atoms with Crippen molar-refractivity contribution in [2.24, 2.45) is 0 Å². The second-order valence-corrected chi connectivity index (χ2v) is 5.53. The van der Waals surface area contributed by atoms with Crippen LogP contribution >= 0.6 is 0 Å². The van der Waals surface area contributed by atoms with E-state index in [1.54, 1.807) is 30.3 Å². The van der Waals surface area contributed by atoms with Crippen LogP contribution in [0.15, 0.2) is 41.2 Å². The van der Waals surface area contributed by atoms with Crippen molar-refractivity contribution in [3.8, 4) is 5.75 Å². The SMILES string of the molecule is CCOc1ccc(NC(=O)Cn2nc(C3CC3)ccc2=O)cc1. The van der Waals surface area contributed by atoms with Gasteiger partial charge in [0.15, 0.2) is 0 Å². The number of aromatic nitrogens is 2. The Morgan fingerprint density at radius 1 is 1.26 bits per heavy atom. The zero-order valence-electron chi connectivity index (χ0n) is 13.0. The lowest BCUT2D eigenvalue weighted by atomic mass is 10.3. The van der Waals surface area contributed by atoms with Crippen molar-refractivity contribution in [2.75, 3.05) is 11.9 Å². The number of carbonyl (C=O) groups excluding carboxylic acids is 1. The van der Waals surface area contributed by atoms with Crippen LogP contribution < -0.4 is 15.6 Å². The number of nitrogens with zero attached hydrogens (tertiary/aromatic N) is 2. The Labute approximate surface area is 134 Å². The van der Waals surface area contributed by atoms with Gasteiger partial charge < -0.3 is 10.1 Å². The molecule has 1 aromatic carbocycles. The molecule has 1 N–H and O–H groups in total. The molecule has 0 bridgehead atoms. The summed E-state index contributed by atoms with van der Waals surface area (Å²) in [5.41, 5.74) is 1.28. The number of amides is 1. The standard InChI is InChI=1S/C17H19N3O3/c1-2-23-14-7-5-13(6-8-14)18-16(21)11-20-17(22)10-9-15(19-20)12-3-4-12/h5-10,12H,2-4,11H2,1H3,(H,18,21). The minimum absolute atomic E-state index is 0.0907. The number of anilines is 1. The predicted molar refractivity (Wildman–Crippen MR) is 86.7 cm³/mol. The molecular formula is C17H19N3O3. The highest BCUT2D eigenvalue weighted by atomic mass is 16.5. The third kappa shape index (κ3) is 3.97. The molecule has 120 valence electrons. The number of carbonyl (C=O) groups is 1. The van der Waals surface area contributed by atoms with Crippen molar-refractivity contribution >= 4 is 11.6 Å². The average Bonchev–Trinajstić information content (AvgIpc) is 3.36. The third-order valence-corrected chi connectivity index (χ3v) is 3.63. The molecule has 6 heteroatoms. The molecule has 2 aromatic rings. The van der Waals surface area contributed by atoms with Gasteiger partial charge in [0, 0.05) is 17.7 Å². The maximum atomic E-state index is 12.1. The highest BCUT2D eigenvalue weighted by Gasteiger charge is 2.25. The minimum atomic E-state index is -0.281. The van der Waals surface area contributed by atoms with Gasteiger partial charge in [-0.15, -0.1) is 0 Å². The van der Waals surface area contributed by atoms with Crippen molar-refractivity contribution in [3.63, 3.8) is 0 Å². The Kier molecular flexibility index (Phi) is 4.41. The zero-order valence-corrected chi connectivity index (χ0v) is 13.0. The highest BCUT2D eigenvalue weighted by molar-refractivity contribution is 5.90. The largest absolute Gasteiger partial charge is 0.494 e. The van der Waals surface area contributed by atoms with Crippen molar-refractivity contribution < 1.29 is 9.53 Å². The Morgan fingerprint density at radius 3 is 2.65 bits per heavy atom. The highest BCUT2D eigenvalue weighted by Crippen LogP contribution is 2.38. The van der Waals surface area contributed by atoms with Gasteiger partial charge in [-0.3, -0.25) is 9.59 Å². The van der Waals surface area contributed by atoms with E-state index in [1.807, 2.05) is 6.92 Å². The van der Waals surface area contributed by atoms with Crippen LogP contribution in [0, 0.1) is 0 Å². The second-order valence-electron chi connectivity index (χ2n) is 5.53. The minimum Gasteiger partial charge on any atom is -0.494 e. The fraction of sp³-hybridized carbons (Fsp3) is 0.353. The normalized spacial score (nSPS) is 13.6. The van der Waals surface area contributed by atoms with Gasteiger partial charge in [0.05, 0.1) is 12.3 Å². The van der Waals surface area contributed by atoms with E-state index in [1.165, 1.54) is 10.7 Å². The van der Waals surface area contributed by atoms with E-state index in [4.69, 9.17) is 4.74 Å². The van der Waals surface area contributed by atoms with Crippen molar-refractivity contribution in [3.05, 3.63) is 52.4 Å². The molecule has 0 unspecified atom stereocenters. The Morgan fingerprint density at radius 2 is 2.00 bits per heavy atom. The summed E-state index contributed by atoms with van der Waals surface area (Å²) in [4.78, 5) is 23.9. The fourth-order valence-corrected chi connectivity index (χ4v) is 2.31. The van der Waals surface area contributed by atoms with E-state index < -0.39 is 0 Å². The number of hydrogen-bond acceptors (Lipinski definition) is 4. The molecule has 0 radical (unpaired) electrons. The van der Waals surface area contributed by atoms with Crippen molar-refractivity contribution in [1.82, 2.24) is 9.78 Å². The molecule has 1 heterocycles. The van der Waals surface area contributed by atoms with Crippen LogP contribution in [-0.4, -0.2) is 22.3 Å². The van der Waals surface area contributed by atoms with E-state index in [2.05, 4.69) is 10.4 Å². The Balaban J connectivity index is 1.64. The van der Waals surface area contributed by atoms with Crippen molar-refractivity contribution in [2.45, 2.75) is 32.2 Å². The monoisotopic (exact) mass is 313 g/mol. The molecule has 6 nitrogen and oxygen atoms in total.